The van der Waals surface area contributed by atoms with E-state index in [2.05, 4.69) is 35.4 Å². The Kier molecular flexibility index (Phi) is 8.18. The van der Waals surface area contributed by atoms with E-state index in [1.165, 1.54) is 0 Å². The number of ether oxygens (including phenoxy) is 1. The molecular weight excluding hydrogens is 549 g/mol. The van der Waals surface area contributed by atoms with Crippen LogP contribution in [0.1, 0.15) is 6.23 Å². The number of phosphoric ester groups is 1. The Morgan fingerprint density at radius 1 is 1.30 bits per heavy atom. The molecule has 18 nitrogen and oxygen atoms in total. The summed E-state index contributed by atoms with van der Waals surface area (Å²) in [5, 5.41) is 13.1. The van der Waals surface area contributed by atoms with Crippen molar-refractivity contribution < 1.29 is 65.0 Å². The average molecular weight is 561 g/mol. The fourth-order valence-electron chi connectivity index (χ4n) is 2.39. The maximum Gasteiger partial charge on any atom is 0.490 e. The molecule has 2 rings (SSSR count). The first kappa shape index (κ1) is 27.8. The van der Waals surface area contributed by atoms with Gasteiger partial charge in [-0.2, -0.15) is 8.62 Å². The van der Waals surface area contributed by atoms with Crippen molar-refractivity contribution in [3.63, 3.8) is 0 Å². The average Bonchev–Trinajstić information content (AvgIpc) is 2.86. The summed E-state index contributed by atoms with van der Waals surface area (Å²) in [5.41, 5.74) is 4.55. The van der Waals surface area contributed by atoms with Crippen molar-refractivity contribution in [2.75, 3.05) is 6.61 Å². The maximum atomic E-state index is 14.7. The number of nitrogens with zero attached hydrogens (tertiary/aromatic N) is 4. The summed E-state index contributed by atoms with van der Waals surface area (Å²) in [7, 11) is -17.4. The Morgan fingerprint density at radius 3 is 2.45 bits per heavy atom. The van der Waals surface area contributed by atoms with Crippen LogP contribution in [0.15, 0.2) is 16.1 Å². The lowest BCUT2D eigenvalue weighted by atomic mass is 10.1. The molecule has 1 saturated heterocycles. The minimum Gasteiger partial charge on any atom is -0.387 e. The predicted molar refractivity (Wildman–Crippen MR) is 98.6 cm³/mol. The molecule has 0 saturated carbocycles. The second-order valence-electron chi connectivity index (χ2n) is 5.94. The van der Waals surface area contributed by atoms with Crippen LogP contribution in [-0.4, -0.2) is 58.8 Å². The molecule has 1 aliphatic heterocycles. The summed E-state index contributed by atoms with van der Waals surface area (Å²) >= 11 is 4.48. The topological polar surface area (TPSA) is 276 Å². The molecule has 0 spiro atoms. The molecule has 33 heavy (non-hydrogen) atoms. The first-order valence-electron chi connectivity index (χ1n) is 7.77. The number of nitrogens with one attached hydrogen (secondary N) is 1. The molecule has 1 aromatic rings. The molecule has 6 atom stereocenters. The number of azide groups is 1. The molecule has 0 aromatic carbocycles. The number of phosphoric acid groups is 3. The lowest BCUT2D eigenvalue weighted by Gasteiger charge is -2.27. The maximum absolute atomic E-state index is 14.7. The van der Waals surface area contributed by atoms with Crippen LogP contribution in [0.3, 0.4) is 0 Å². The van der Waals surface area contributed by atoms with Crippen molar-refractivity contribution >= 4 is 35.7 Å². The highest BCUT2D eigenvalue weighted by atomic mass is 32.1. The summed E-state index contributed by atoms with van der Waals surface area (Å²) in [6, 6.07) is 0. The number of hydrogen-bond donors (Lipinski definition) is 6. The molecule has 24 heteroatoms. The molecule has 2 heterocycles. The Balaban J connectivity index is 2.32. The third-order valence-corrected chi connectivity index (χ3v) is 7.70. The van der Waals surface area contributed by atoms with Crippen LogP contribution >= 0.6 is 35.7 Å². The van der Waals surface area contributed by atoms with E-state index in [0.717, 1.165) is 0 Å². The number of aromatic nitrogens is 2. The molecule has 0 radical (unpaired) electrons. The lowest BCUT2D eigenvalue weighted by molar-refractivity contribution is -0.122. The van der Waals surface area contributed by atoms with Crippen LogP contribution in [0.4, 0.5) is 8.78 Å². The molecule has 3 unspecified atom stereocenters. The van der Waals surface area contributed by atoms with E-state index in [-0.39, 0.29) is 4.57 Å². The third kappa shape index (κ3) is 6.82. The van der Waals surface area contributed by atoms with Gasteiger partial charge in [0.2, 0.25) is 5.72 Å². The minimum atomic E-state index is -5.92. The van der Waals surface area contributed by atoms with Crippen LogP contribution in [0.25, 0.3) is 10.4 Å². The van der Waals surface area contributed by atoms with Crippen molar-refractivity contribution in [3.05, 3.63) is 37.6 Å². The van der Waals surface area contributed by atoms with Gasteiger partial charge < -0.3 is 29.4 Å². The van der Waals surface area contributed by atoms with E-state index in [0.29, 0.717) is 6.20 Å². The summed E-state index contributed by atoms with van der Waals surface area (Å²) in [5.74, 6) is -1.22. The molecule has 1 aromatic heterocycles. The molecule has 1 fully saturated rings. The molecule has 0 amide bonds. The Morgan fingerprint density at radius 2 is 1.91 bits per heavy atom. The first-order chi connectivity index (χ1) is 14.9. The number of rotatable bonds is 9. The molecule has 6 N–H and O–H groups in total. The van der Waals surface area contributed by atoms with Gasteiger partial charge in [0.05, 0.1) is 12.8 Å². The van der Waals surface area contributed by atoms with Crippen LogP contribution in [0, 0.1) is 10.5 Å². The van der Waals surface area contributed by atoms with Crippen LogP contribution in [-0.2, 0) is 31.6 Å². The van der Waals surface area contributed by atoms with E-state index in [4.69, 9.17) is 24.9 Å². The summed E-state index contributed by atoms with van der Waals surface area (Å²) < 4.78 is 77.9. The summed E-state index contributed by atoms with van der Waals surface area (Å²) in [4.78, 5) is 51.6. The zero-order chi connectivity index (χ0) is 25.4. The number of aromatic amines is 1. The standard InChI is InChI=1S/C9H12F2N5O13P3S/c10-3-1-16(8(18)13-6(3)33)7-4(11)5(17)9(27-7,14-15-12)2-26-31(22,23)29-32(24,25)28-30(19,20)21/h1,4-5,7,17H,2H2,(H,22,23)(H,24,25)(H,13,18,33)(H2,19,20,21)/t4?,5-,7-,9-/m1/s1. The van der Waals surface area contributed by atoms with E-state index < -0.39 is 70.5 Å². The second-order valence-corrected chi connectivity index (χ2v) is 10.8. The monoisotopic (exact) mass is 561 g/mol. The van der Waals surface area contributed by atoms with E-state index >= 15 is 0 Å². The van der Waals surface area contributed by atoms with Crippen molar-refractivity contribution in [1.29, 1.82) is 0 Å². The lowest BCUT2D eigenvalue weighted by Crippen LogP contribution is -2.44. The van der Waals surface area contributed by atoms with Crippen LogP contribution in [0.2, 0.25) is 0 Å². The number of hydrogen-bond acceptors (Lipinski definition) is 11. The van der Waals surface area contributed by atoms with Gasteiger partial charge in [-0.15, -0.1) is 0 Å². The van der Waals surface area contributed by atoms with Gasteiger partial charge in [-0.3, -0.25) is 14.1 Å². The van der Waals surface area contributed by atoms with Crippen molar-refractivity contribution in [2.45, 2.75) is 24.2 Å². The SMILES string of the molecule is [N-]=[N+]=N[C@]1(COP(=O)(O)OP(=O)(O)OP(=O)(O)O)O[C@@H](n2cc(F)c(=S)[nH]c2=O)C(F)[C@H]1O. The molecule has 0 bridgehead atoms. The first-order valence-corrected chi connectivity index (χ1v) is 12.7. The van der Waals surface area contributed by atoms with Crippen molar-refractivity contribution in [1.82, 2.24) is 9.55 Å². The Hall–Kier alpha value is -1.40. The fourth-order valence-corrected chi connectivity index (χ4v) is 5.58. The smallest absolute Gasteiger partial charge is 0.387 e. The number of H-pyrrole nitrogens is 1. The Labute approximate surface area is 184 Å². The number of alkyl halides is 1. The molecular formula is C9H12F2N5O13P3S. The van der Waals surface area contributed by atoms with Gasteiger partial charge >= 0.3 is 29.2 Å². The van der Waals surface area contributed by atoms with Gasteiger partial charge in [0.15, 0.2) is 18.2 Å². The highest BCUT2D eigenvalue weighted by molar-refractivity contribution is 7.71. The van der Waals surface area contributed by atoms with Crippen LogP contribution < -0.4 is 5.69 Å². The van der Waals surface area contributed by atoms with E-state index in [1.54, 1.807) is 0 Å². The summed E-state index contributed by atoms with van der Waals surface area (Å²) in [6.45, 7) is -1.60. The van der Waals surface area contributed by atoms with Gasteiger partial charge in [-0.05, 0) is 5.53 Å². The van der Waals surface area contributed by atoms with Crippen molar-refractivity contribution in [3.8, 4) is 0 Å². The quantitative estimate of drug-likeness (QED) is 0.0793. The van der Waals surface area contributed by atoms with E-state index in [1.807, 2.05) is 4.98 Å². The van der Waals surface area contributed by atoms with E-state index in [9.17, 15) is 37.3 Å². The summed E-state index contributed by atoms with van der Waals surface area (Å²) in [6.07, 6.45) is -7.01. The fraction of sp³-hybridized carbons (Fsp3) is 0.556. The van der Waals surface area contributed by atoms with Crippen LogP contribution in [0.5, 0.6) is 0 Å². The third-order valence-electron chi connectivity index (χ3n) is 3.62. The normalized spacial score (nSPS) is 29.1. The molecule has 186 valence electrons. The molecule has 0 aliphatic carbocycles. The predicted octanol–water partition coefficient (Wildman–Crippen LogP) is 0.623. The largest absolute Gasteiger partial charge is 0.490 e. The van der Waals surface area contributed by atoms with Gasteiger partial charge in [0.1, 0.15) is 10.7 Å². The van der Waals surface area contributed by atoms with Gasteiger partial charge in [0, 0.05) is 4.91 Å². The highest BCUT2D eigenvalue weighted by Gasteiger charge is 2.57. The Bertz CT molecular complexity index is 1230. The van der Waals surface area contributed by atoms with Gasteiger partial charge in [0.25, 0.3) is 0 Å². The zero-order valence-electron chi connectivity index (χ0n) is 15.3. The van der Waals surface area contributed by atoms with Gasteiger partial charge in [-0.1, -0.05) is 17.3 Å². The zero-order valence-corrected chi connectivity index (χ0v) is 18.8. The second kappa shape index (κ2) is 9.69. The number of aliphatic hydroxyl groups excluding tert-OH is 1. The number of halogens is 2. The number of aliphatic hydroxyl groups is 1. The minimum absolute atomic E-state index is 0.235. The molecule has 1 aliphatic rings. The van der Waals surface area contributed by atoms with Gasteiger partial charge in [-0.25, -0.2) is 27.3 Å². The highest BCUT2D eigenvalue weighted by Crippen LogP contribution is 2.66. The van der Waals surface area contributed by atoms with Crippen molar-refractivity contribution in [2.24, 2.45) is 5.11 Å².